The van der Waals surface area contributed by atoms with Crippen LogP contribution in [0, 0.1) is 6.92 Å². The summed E-state index contributed by atoms with van der Waals surface area (Å²) in [5, 5.41) is 9.42. The lowest BCUT2D eigenvalue weighted by molar-refractivity contribution is 0.0696. The highest BCUT2D eigenvalue weighted by Gasteiger charge is 2.13. The first-order valence-electron chi connectivity index (χ1n) is 10.8. The SMILES string of the molecule is Cc1c(COc2cc(OCc3cncc(C(=O)O)c3)c(C=O)cc2Cl)cccc1-c1ccccc1. The fourth-order valence-corrected chi connectivity index (χ4v) is 3.87. The van der Waals surface area contributed by atoms with Gasteiger partial charge in [-0.1, -0.05) is 60.1 Å². The largest absolute Gasteiger partial charge is 0.488 e. The van der Waals surface area contributed by atoms with Gasteiger partial charge in [-0.05, 0) is 41.3 Å². The Hall–Kier alpha value is -4.16. The van der Waals surface area contributed by atoms with Crippen LogP contribution in [0.25, 0.3) is 11.1 Å². The molecule has 1 heterocycles. The molecule has 0 aliphatic heterocycles. The summed E-state index contributed by atoms with van der Waals surface area (Å²) in [7, 11) is 0. The Bertz CT molecular complexity index is 1370. The highest BCUT2D eigenvalue weighted by atomic mass is 35.5. The first-order valence-corrected chi connectivity index (χ1v) is 11.2. The van der Waals surface area contributed by atoms with E-state index >= 15 is 0 Å². The number of rotatable bonds is 9. The molecule has 0 saturated heterocycles. The number of carbonyl (C=O) groups excluding carboxylic acids is 1. The van der Waals surface area contributed by atoms with E-state index in [1.165, 1.54) is 24.5 Å². The van der Waals surface area contributed by atoms with Gasteiger partial charge in [-0.15, -0.1) is 0 Å². The molecule has 0 bridgehead atoms. The molecule has 0 fully saturated rings. The van der Waals surface area contributed by atoms with Crippen molar-refractivity contribution in [3.63, 3.8) is 0 Å². The van der Waals surface area contributed by atoms with Crippen molar-refractivity contribution >= 4 is 23.9 Å². The zero-order valence-corrected chi connectivity index (χ0v) is 19.7. The van der Waals surface area contributed by atoms with Crippen molar-refractivity contribution in [1.82, 2.24) is 4.98 Å². The molecule has 0 unspecified atom stereocenters. The number of hydrogen-bond acceptors (Lipinski definition) is 5. The summed E-state index contributed by atoms with van der Waals surface area (Å²) in [6.07, 6.45) is 3.40. The molecule has 6 nitrogen and oxygen atoms in total. The first-order chi connectivity index (χ1) is 17.0. The Kier molecular flexibility index (Phi) is 7.43. The third-order valence-corrected chi connectivity index (χ3v) is 5.84. The number of halogens is 1. The number of nitrogens with zero attached hydrogens (tertiary/aromatic N) is 1. The number of benzene rings is 3. The molecule has 0 saturated carbocycles. The van der Waals surface area contributed by atoms with Gasteiger partial charge >= 0.3 is 5.97 Å². The number of aldehydes is 1. The van der Waals surface area contributed by atoms with Crippen LogP contribution in [0.4, 0.5) is 0 Å². The molecule has 1 N–H and O–H groups in total. The van der Waals surface area contributed by atoms with E-state index in [9.17, 15) is 9.59 Å². The number of aromatic nitrogens is 1. The summed E-state index contributed by atoms with van der Waals surface area (Å²) < 4.78 is 11.8. The van der Waals surface area contributed by atoms with Crippen LogP contribution in [0.5, 0.6) is 11.5 Å². The van der Waals surface area contributed by atoms with Gasteiger partial charge < -0.3 is 14.6 Å². The highest BCUT2D eigenvalue weighted by molar-refractivity contribution is 6.32. The fourth-order valence-electron chi connectivity index (χ4n) is 3.65. The zero-order valence-electron chi connectivity index (χ0n) is 18.9. The van der Waals surface area contributed by atoms with Gasteiger partial charge in [0.15, 0.2) is 6.29 Å². The summed E-state index contributed by atoms with van der Waals surface area (Å²) in [5.74, 6) is -0.439. The van der Waals surface area contributed by atoms with E-state index in [1.807, 2.05) is 37.3 Å². The summed E-state index contributed by atoms with van der Waals surface area (Å²) in [4.78, 5) is 26.7. The third kappa shape index (κ3) is 5.67. The number of carboxylic acids is 1. The molecule has 1 aromatic heterocycles. The van der Waals surface area contributed by atoms with Crippen LogP contribution < -0.4 is 9.47 Å². The van der Waals surface area contributed by atoms with Crippen LogP contribution in [0.2, 0.25) is 5.02 Å². The monoisotopic (exact) mass is 487 g/mol. The third-order valence-electron chi connectivity index (χ3n) is 5.54. The molecule has 7 heteroatoms. The summed E-state index contributed by atoms with van der Waals surface area (Å²) in [5.41, 5.74) is 5.20. The minimum Gasteiger partial charge on any atom is -0.488 e. The normalized spacial score (nSPS) is 10.6. The number of pyridine rings is 1. The van der Waals surface area contributed by atoms with Crippen molar-refractivity contribution in [2.75, 3.05) is 0 Å². The lowest BCUT2D eigenvalue weighted by Gasteiger charge is -2.15. The molecule has 0 atom stereocenters. The summed E-state index contributed by atoms with van der Waals surface area (Å²) in [6.45, 7) is 2.34. The summed E-state index contributed by atoms with van der Waals surface area (Å²) >= 11 is 6.37. The van der Waals surface area contributed by atoms with Gasteiger partial charge in [-0.2, -0.15) is 0 Å². The number of carbonyl (C=O) groups is 2. The van der Waals surface area contributed by atoms with E-state index in [-0.39, 0.29) is 35.1 Å². The van der Waals surface area contributed by atoms with Crippen molar-refractivity contribution in [2.24, 2.45) is 0 Å². The molecule has 0 spiro atoms. The molecule has 35 heavy (non-hydrogen) atoms. The molecule has 0 aliphatic rings. The molecule has 0 aliphatic carbocycles. The Morgan fingerprint density at radius 2 is 1.74 bits per heavy atom. The predicted molar refractivity (Wildman–Crippen MR) is 133 cm³/mol. The molecule has 0 radical (unpaired) electrons. The van der Waals surface area contributed by atoms with Crippen LogP contribution >= 0.6 is 11.6 Å². The average Bonchev–Trinajstić information content (AvgIpc) is 2.88. The van der Waals surface area contributed by atoms with Crippen molar-refractivity contribution in [1.29, 1.82) is 0 Å². The highest BCUT2D eigenvalue weighted by Crippen LogP contribution is 2.34. The minimum atomic E-state index is -1.08. The topological polar surface area (TPSA) is 85.7 Å². The second kappa shape index (κ2) is 10.8. The quantitative estimate of drug-likeness (QED) is 0.276. The average molecular weight is 488 g/mol. The molecule has 176 valence electrons. The maximum Gasteiger partial charge on any atom is 0.337 e. The first kappa shape index (κ1) is 24.0. The Morgan fingerprint density at radius 1 is 0.971 bits per heavy atom. The zero-order chi connectivity index (χ0) is 24.8. The molecular formula is C28H22ClNO5. The van der Waals surface area contributed by atoms with E-state index in [0.717, 1.165) is 22.3 Å². The van der Waals surface area contributed by atoms with Crippen molar-refractivity contribution in [2.45, 2.75) is 20.1 Å². The molecule has 0 amide bonds. The van der Waals surface area contributed by atoms with E-state index in [2.05, 4.69) is 23.2 Å². The van der Waals surface area contributed by atoms with Crippen LogP contribution in [0.3, 0.4) is 0 Å². The molecule has 4 aromatic rings. The Labute approximate surface area is 207 Å². The van der Waals surface area contributed by atoms with Gasteiger partial charge in [-0.25, -0.2) is 4.79 Å². The fraction of sp³-hybridized carbons (Fsp3) is 0.107. The number of aromatic carboxylic acids is 1. The maximum atomic E-state index is 11.6. The van der Waals surface area contributed by atoms with Gasteiger partial charge in [0, 0.05) is 24.0 Å². The molecule has 4 rings (SSSR count). The van der Waals surface area contributed by atoms with Gasteiger partial charge in [-0.3, -0.25) is 9.78 Å². The van der Waals surface area contributed by atoms with Crippen LogP contribution in [-0.4, -0.2) is 22.3 Å². The van der Waals surface area contributed by atoms with E-state index in [1.54, 1.807) is 6.07 Å². The van der Waals surface area contributed by atoms with Crippen LogP contribution in [0.1, 0.15) is 37.4 Å². The number of hydrogen-bond donors (Lipinski definition) is 1. The van der Waals surface area contributed by atoms with Crippen molar-refractivity contribution < 1.29 is 24.2 Å². The predicted octanol–water partition coefficient (Wildman–Crippen LogP) is 6.38. The standard InChI is InChI=1S/C28H22ClNO5/c1-18-21(8-5-9-24(18)20-6-3-2-4-7-20)17-35-27-12-26(23(15-31)11-25(27)29)34-16-19-10-22(28(32)33)14-30-13-19/h2-15H,16-17H2,1H3,(H,32,33). The second-order valence-corrected chi connectivity index (χ2v) is 8.27. The Balaban J connectivity index is 1.53. The molecule has 3 aromatic carbocycles. The van der Waals surface area contributed by atoms with Crippen LogP contribution in [-0.2, 0) is 13.2 Å². The number of carboxylic acid groups (broad SMARTS) is 1. The smallest absolute Gasteiger partial charge is 0.337 e. The Morgan fingerprint density at radius 3 is 2.49 bits per heavy atom. The van der Waals surface area contributed by atoms with Crippen molar-refractivity contribution in [3.8, 4) is 22.6 Å². The van der Waals surface area contributed by atoms with Gasteiger partial charge in [0.05, 0.1) is 16.1 Å². The minimum absolute atomic E-state index is 0.0221. The second-order valence-electron chi connectivity index (χ2n) is 7.86. The van der Waals surface area contributed by atoms with E-state index in [0.29, 0.717) is 17.6 Å². The molecular weight excluding hydrogens is 466 g/mol. The van der Waals surface area contributed by atoms with Gasteiger partial charge in [0.25, 0.3) is 0 Å². The van der Waals surface area contributed by atoms with Gasteiger partial charge in [0.2, 0.25) is 0 Å². The van der Waals surface area contributed by atoms with Gasteiger partial charge in [0.1, 0.15) is 24.7 Å². The number of ether oxygens (including phenoxy) is 2. The van der Waals surface area contributed by atoms with E-state index in [4.69, 9.17) is 26.2 Å². The van der Waals surface area contributed by atoms with E-state index < -0.39 is 5.97 Å². The lowest BCUT2D eigenvalue weighted by atomic mass is 9.97. The van der Waals surface area contributed by atoms with Crippen LogP contribution in [0.15, 0.2) is 79.1 Å². The summed E-state index contributed by atoms with van der Waals surface area (Å²) in [6, 6.07) is 20.7. The maximum absolute atomic E-state index is 11.6. The lowest BCUT2D eigenvalue weighted by Crippen LogP contribution is -2.04. The van der Waals surface area contributed by atoms with Crippen molar-refractivity contribution in [3.05, 3.63) is 112 Å².